The monoisotopic (exact) mass is 170 g/mol. The molecule has 1 rings (SSSR count). The van der Waals surface area contributed by atoms with E-state index < -0.39 is 5.82 Å². The van der Waals surface area contributed by atoms with E-state index in [0.717, 1.165) is 0 Å². The number of ether oxygens (including phenoxy) is 1. The second-order valence-electron chi connectivity index (χ2n) is 2.35. The molecule has 12 heavy (non-hydrogen) atoms. The first-order valence-electron chi connectivity index (χ1n) is 3.51. The highest BCUT2D eigenvalue weighted by Gasteiger charge is 2.08. The Kier molecular flexibility index (Phi) is 2.50. The Balaban J connectivity index is 3.25. The molecule has 0 spiro atoms. The molecule has 0 aliphatic rings. The van der Waals surface area contributed by atoms with Crippen molar-refractivity contribution in [2.24, 2.45) is 5.73 Å². The number of halogens is 1. The zero-order valence-electron chi connectivity index (χ0n) is 6.80. The summed E-state index contributed by atoms with van der Waals surface area (Å²) in [6.45, 7) is 0.173. The molecule has 0 aliphatic carbocycles. The Morgan fingerprint density at radius 2 is 2.17 bits per heavy atom. The average molecular weight is 170 g/mol. The van der Waals surface area contributed by atoms with Crippen LogP contribution in [0.5, 0.6) is 5.75 Å². The van der Waals surface area contributed by atoms with Crippen LogP contribution in [0.15, 0.2) is 12.1 Å². The van der Waals surface area contributed by atoms with Crippen molar-refractivity contribution in [3.63, 3.8) is 0 Å². The van der Waals surface area contributed by atoms with Crippen LogP contribution in [0, 0.1) is 5.82 Å². The first-order chi connectivity index (χ1) is 5.70. The molecule has 0 saturated heterocycles. The highest BCUT2D eigenvalue weighted by atomic mass is 19.1. The van der Waals surface area contributed by atoms with Crippen molar-refractivity contribution in [1.29, 1.82) is 0 Å². The van der Waals surface area contributed by atoms with E-state index in [1.807, 2.05) is 0 Å². The Morgan fingerprint density at radius 1 is 1.50 bits per heavy atom. The summed E-state index contributed by atoms with van der Waals surface area (Å²) in [5.41, 5.74) is 11.4. The number of rotatable bonds is 2. The molecule has 0 amide bonds. The summed E-state index contributed by atoms with van der Waals surface area (Å²) in [7, 11) is 1.49. The smallest absolute Gasteiger partial charge is 0.146 e. The van der Waals surface area contributed by atoms with Crippen LogP contribution in [0.3, 0.4) is 0 Å². The van der Waals surface area contributed by atoms with Crippen LogP contribution in [0.4, 0.5) is 10.1 Å². The van der Waals surface area contributed by atoms with Gasteiger partial charge in [-0.2, -0.15) is 0 Å². The van der Waals surface area contributed by atoms with Gasteiger partial charge >= 0.3 is 0 Å². The van der Waals surface area contributed by atoms with Gasteiger partial charge in [0.05, 0.1) is 12.8 Å². The molecule has 0 atom stereocenters. The first kappa shape index (κ1) is 8.80. The molecule has 0 saturated carbocycles. The van der Waals surface area contributed by atoms with Crippen molar-refractivity contribution < 1.29 is 9.13 Å². The lowest BCUT2D eigenvalue weighted by Gasteiger charge is -2.09. The maximum Gasteiger partial charge on any atom is 0.146 e. The highest BCUT2D eigenvalue weighted by Crippen LogP contribution is 2.25. The van der Waals surface area contributed by atoms with Gasteiger partial charge in [-0.15, -0.1) is 0 Å². The molecule has 4 heteroatoms. The molecule has 0 aliphatic heterocycles. The summed E-state index contributed by atoms with van der Waals surface area (Å²) in [5.74, 6) is 0.0626. The average Bonchev–Trinajstić information content (AvgIpc) is 2.09. The van der Waals surface area contributed by atoms with Crippen LogP contribution in [0.2, 0.25) is 0 Å². The lowest BCUT2D eigenvalue weighted by molar-refractivity contribution is 0.409. The van der Waals surface area contributed by atoms with Crippen molar-refractivity contribution in [2.45, 2.75) is 6.54 Å². The maximum absolute atomic E-state index is 12.8. The molecule has 4 N–H and O–H groups in total. The Hall–Kier alpha value is -1.29. The quantitative estimate of drug-likeness (QED) is 0.647. The largest absolute Gasteiger partial charge is 0.496 e. The molecular formula is C8H11FN2O. The van der Waals surface area contributed by atoms with Gasteiger partial charge in [0.15, 0.2) is 0 Å². The van der Waals surface area contributed by atoms with E-state index in [1.165, 1.54) is 19.2 Å². The summed E-state index contributed by atoms with van der Waals surface area (Å²) in [4.78, 5) is 0. The summed E-state index contributed by atoms with van der Waals surface area (Å²) in [5, 5.41) is 0. The second kappa shape index (κ2) is 3.40. The van der Waals surface area contributed by atoms with E-state index in [9.17, 15) is 4.39 Å². The molecule has 1 aromatic carbocycles. The molecule has 0 bridgehead atoms. The van der Waals surface area contributed by atoms with Crippen LogP contribution in [-0.4, -0.2) is 7.11 Å². The van der Waals surface area contributed by atoms with Crippen LogP contribution >= 0.6 is 0 Å². The molecule has 3 nitrogen and oxygen atoms in total. The van der Waals surface area contributed by atoms with E-state index in [4.69, 9.17) is 16.2 Å². The molecule has 0 heterocycles. The Bertz CT molecular complexity index is 289. The van der Waals surface area contributed by atoms with Gasteiger partial charge in [0.1, 0.15) is 11.6 Å². The minimum atomic E-state index is -0.462. The fraction of sp³-hybridized carbons (Fsp3) is 0.250. The predicted octanol–water partition coefficient (Wildman–Crippen LogP) is 0.875. The number of nitrogens with two attached hydrogens (primary N) is 2. The van der Waals surface area contributed by atoms with E-state index in [2.05, 4.69) is 0 Å². The van der Waals surface area contributed by atoms with Gasteiger partial charge < -0.3 is 16.2 Å². The van der Waals surface area contributed by atoms with Crippen molar-refractivity contribution >= 4 is 5.69 Å². The van der Waals surface area contributed by atoms with Gasteiger partial charge in [-0.1, -0.05) is 0 Å². The van der Waals surface area contributed by atoms with Crippen molar-refractivity contribution in [3.05, 3.63) is 23.5 Å². The fourth-order valence-electron chi connectivity index (χ4n) is 1.02. The first-order valence-corrected chi connectivity index (χ1v) is 3.51. The zero-order valence-corrected chi connectivity index (χ0v) is 6.80. The van der Waals surface area contributed by atoms with Gasteiger partial charge in [0.2, 0.25) is 0 Å². The third-order valence-electron chi connectivity index (χ3n) is 1.68. The molecule has 0 radical (unpaired) electrons. The SMILES string of the molecule is COc1ccc(F)c(N)c1CN. The second-order valence-corrected chi connectivity index (χ2v) is 2.35. The van der Waals surface area contributed by atoms with E-state index in [-0.39, 0.29) is 12.2 Å². The van der Waals surface area contributed by atoms with Gasteiger partial charge in [-0.25, -0.2) is 4.39 Å². The van der Waals surface area contributed by atoms with Gasteiger partial charge in [0.25, 0.3) is 0 Å². The normalized spacial score (nSPS) is 9.92. The maximum atomic E-state index is 12.8. The minimum Gasteiger partial charge on any atom is -0.496 e. The minimum absolute atomic E-state index is 0.0665. The number of methoxy groups -OCH3 is 1. The summed E-state index contributed by atoms with van der Waals surface area (Å²) >= 11 is 0. The summed E-state index contributed by atoms with van der Waals surface area (Å²) < 4.78 is 17.8. The van der Waals surface area contributed by atoms with Crippen LogP contribution in [0.1, 0.15) is 5.56 Å². The molecule has 0 aromatic heterocycles. The van der Waals surface area contributed by atoms with Gasteiger partial charge in [-0.05, 0) is 12.1 Å². The van der Waals surface area contributed by atoms with Gasteiger partial charge in [0, 0.05) is 12.1 Å². The van der Waals surface area contributed by atoms with E-state index in [0.29, 0.717) is 11.3 Å². The molecule has 66 valence electrons. The van der Waals surface area contributed by atoms with Crippen molar-refractivity contribution in [2.75, 3.05) is 12.8 Å². The fourth-order valence-corrected chi connectivity index (χ4v) is 1.02. The summed E-state index contributed by atoms with van der Waals surface area (Å²) in [6.07, 6.45) is 0. The number of nitrogen functional groups attached to an aromatic ring is 1. The Labute approximate surface area is 70.1 Å². The lowest BCUT2D eigenvalue weighted by Crippen LogP contribution is -2.05. The zero-order chi connectivity index (χ0) is 9.14. The standard InChI is InChI=1S/C8H11FN2O/c1-12-7-3-2-6(9)8(11)5(7)4-10/h2-3H,4,10-11H2,1H3. The van der Waals surface area contributed by atoms with Crippen LogP contribution in [0.25, 0.3) is 0 Å². The van der Waals surface area contributed by atoms with Crippen LogP contribution < -0.4 is 16.2 Å². The summed E-state index contributed by atoms with van der Waals surface area (Å²) in [6, 6.07) is 2.77. The number of hydrogen-bond acceptors (Lipinski definition) is 3. The Morgan fingerprint density at radius 3 is 2.67 bits per heavy atom. The van der Waals surface area contributed by atoms with E-state index >= 15 is 0 Å². The van der Waals surface area contributed by atoms with E-state index in [1.54, 1.807) is 0 Å². The molecule has 0 fully saturated rings. The predicted molar refractivity (Wildman–Crippen MR) is 45.3 cm³/mol. The number of anilines is 1. The topological polar surface area (TPSA) is 61.3 Å². The molecular weight excluding hydrogens is 159 g/mol. The molecule has 0 unspecified atom stereocenters. The third kappa shape index (κ3) is 1.33. The van der Waals surface area contributed by atoms with Gasteiger partial charge in [-0.3, -0.25) is 0 Å². The van der Waals surface area contributed by atoms with Crippen molar-refractivity contribution in [3.8, 4) is 5.75 Å². The lowest BCUT2D eigenvalue weighted by atomic mass is 10.1. The number of hydrogen-bond donors (Lipinski definition) is 2. The highest BCUT2D eigenvalue weighted by molar-refractivity contribution is 5.55. The van der Waals surface area contributed by atoms with Crippen molar-refractivity contribution in [1.82, 2.24) is 0 Å². The molecule has 1 aromatic rings. The van der Waals surface area contributed by atoms with Crippen LogP contribution in [-0.2, 0) is 6.54 Å². The number of benzene rings is 1. The third-order valence-corrected chi connectivity index (χ3v) is 1.68.